The lowest BCUT2D eigenvalue weighted by Crippen LogP contribution is -2.52. The molecule has 1 amide bonds. The van der Waals surface area contributed by atoms with E-state index in [0.29, 0.717) is 5.56 Å². The monoisotopic (exact) mass is 350 g/mol. The minimum Gasteiger partial charge on any atom is -0.346 e. The third kappa shape index (κ3) is 2.81. The first kappa shape index (κ1) is 14.5. The zero-order chi connectivity index (χ0) is 14.9. The highest BCUT2D eigenvalue weighted by Crippen LogP contribution is 2.33. The number of nitrogens with one attached hydrogen (secondary N) is 1. The third-order valence-electron chi connectivity index (χ3n) is 4.44. The van der Waals surface area contributed by atoms with Gasteiger partial charge in [0.1, 0.15) is 0 Å². The van der Waals surface area contributed by atoms with Gasteiger partial charge in [-0.25, -0.2) is 4.52 Å². The van der Waals surface area contributed by atoms with Gasteiger partial charge in [0, 0.05) is 17.7 Å². The maximum Gasteiger partial charge on any atom is 0.255 e. The van der Waals surface area contributed by atoms with Crippen molar-refractivity contribution in [3.8, 4) is 0 Å². The zero-order valence-corrected chi connectivity index (χ0v) is 13.6. The van der Waals surface area contributed by atoms with Crippen molar-refractivity contribution in [1.29, 1.82) is 0 Å². The lowest BCUT2D eigenvalue weighted by molar-refractivity contribution is 0.0876. The quantitative estimate of drug-likeness (QED) is 0.865. The van der Waals surface area contributed by atoms with Crippen LogP contribution in [0.5, 0.6) is 0 Å². The highest BCUT2D eigenvalue weighted by Gasteiger charge is 2.35. The first-order valence-corrected chi connectivity index (χ1v) is 8.41. The molecule has 0 aromatic carbocycles. The van der Waals surface area contributed by atoms with Gasteiger partial charge in [-0.3, -0.25) is 9.78 Å². The fraction of sp³-hybridized carbons (Fsp3) is 0.533. The minimum atomic E-state index is -0.139. The van der Waals surface area contributed by atoms with E-state index in [1.54, 1.807) is 29.3 Å². The SMILES string of the molecule is CC1CCC(CBr)(NC(=O)c2cnn3ccncc23)CC1. The van der Waals surface area contributed by atoms with Crippen LogP contribution in [0.15, 0.2) is 24.8 Å². The second kappa shape index (κ2) is 5.75. The largest absolute Gasteiger partial charge is 0.346 e. The highest BCUT2D eigenvalue weighted by atomic mass is 79.9. The van der Waals surface area contributed by atoms with Crippen LogP contribution in [0, 0.1) is 5.92 Å². The first-order chi connectivity index (χ1) is 10.1. The van der Waals surface area contributed by atoms with Crippen molar-refractivity contribution in [2.75, 3.05) is 5.33 Å². The van der Waals surface area contributed by atoms with Gasteiger partial charge in [0.2, 0.25) is 0 Å². The van der Waals surface area contributed by atoms with Gasteiger partial charge in [-0.15, -0.1) is 0 Å². The molecule has 0 aliphatic heterocycles. The average molecular weight is 351 g/mol. The van der Waals surface area contributed by atoms with Crippen LogP contribution in [0.25, 0.3) is 5.52 Å². The topological polar surface area (TPSA) is 59.3 Å². The van der Waals surface area contributed by atoms with E-state index in [9.17, 15) is 4.79 Å². The predicted molar refractivity (Wildman–Crippen MR) is 84.6 cm³/mol. The number of hydrogen-bond acceptors (Lipinski definition) is 3. The Morgan fingerprint density at radius 1 is 1.48 bits per heavy atom. The smallest absolute Gasteiger partial charge is 0.255 e. The zero-order valence-electron chi connectivity index (χ0n) is 12.1. The summed E-state index contributed by atoms with van der Waals surface area (Å²) >= 11 is 3.58. The van der Waals surface area contributed by atoms with Crippen LogP contribution >= 0.6 is 15.9 Å². The van der Waals surface area contributed by atoms with Crippen molar-refractivity contribution in [2.45, 2.75) is 38.1 Å². The Morgan fingerprint density at radius 2 is 2.24 bits per heavy atom. The Labute approximate surface area is 132 Å². The van der Waals surface area contributed by atoms with Gasteiger partial charge in [0.15, 0.2) is 0 Å². The molecule has 0 unspecified atom stereocenters. The highest BCUT2D eigenvalue weighted by molar-refractivity contribution is 9.09. The van der Waals surface area contributed by atoms with Crippen LogP contribution < -0.4 is 5.32 Å². The standard InChI is InChI=1S/C15H19BrN4O/c1-11-2-4-15(10-16,5-3-11)19-14(21)12-8-18-20-7-6-17-9-13(12)20/h6-9,11H,2-5,10H2,1H3,(H,19,21). The summed E-state index contributed by atoms with van der Waals surface area (Å²) in [5, 5.41) is 8.22. The van der Waals surface area contributed by atoms with E-state index in [4.69, 9.17) is 0 Å². The molecule has 1 aliphatic carbocycles. The van der Waals surface area contributed by atoms with Crippen molar-refractivity contribution in [3.05, 3.63) is 30.4 Å². The first-order valence-electron chi connectivity index (χ1n) is 7.29. The molecule has 0 radical (unpaired) electrons. The number of hydrogen-bond donors (Lipinski definition) is 1. The van der Waals surface area contributed by atoms with Crippen molar-refractivity contribution in [3.63, 3.8) is 0 Å². The van der Waals surface area contributed by atoms with Gasteiger partial charge in [-0.05, 0) is 31.6 Å². The summed E-state index contributed by atoms with van der Waals surface area (Å²) in [6.45, 7) is 2.27. The Kier molecular flexibility index (Phi) is 3.97. The molecule has 2 aromatic heterocycles. The van der Waals surface area contributed by atoms with Gasteiger partial charge >= 0.3 is 0 Å². The third-order valence-corrected chi connectivity index (χ3v) is 5.51. The Bertz CT molecular complexity index is 646. The molecule has 1 N–H and O–H groups in total. The fourth-order valence-corrected chi connectivity index (χ4v) is 3.63. The van der Waals surface area contributed by atoms with E-state index in [1.165, 1.54) is 0 Å². The molecule has 112 valence electrons. The fourth-order valence-electron chi connectivity index (χ4n) is 2.92. The molecule has 0 spiro atoms. The number of carbonyl (C=O) groups is 1. The van der Waals surface area contributed by atoms with E-state index in [2.05, 4.69) is 38.3 Å². The van der Waals surface area contributed by atoms with Gasteiger partial charge in [-0.1, -0.05) is 22.9 Å². The number of halogens is 1. The molecular formula is C15H19BrN4O. The minimum absolute atomic E-state index is 0.0630. The molecule has 2 aromatic rings. The molecule has 0 bridgehead atoms. The maximum absolute atomic E-state index is 12.6. The second-order valence-electron chi connectivity index (χ2n) is 6.01. The van der Waals surface area contributed by atoms with Crippen LogP contribution in [0.2, 0.25) is 0 Å². The number of carbonyl (C=O) groups excluding carboxylic acids is 1. The van der Waals surface area contributed by atoms with E-state index in [-0.39, 0.29) is 11.4 Å². The summed E-state index contributed by atoms with van der Waals surface area (Å²) in [6.07, 6.45) is 11.0. The Morgan fingerprint density at radius 3 is 2.95 bits per heavy atom. The van der Waals surface area contributed by atoms with Crippen LogP contribution in [0.1, 0.15) is 43.0 Å². The molecule has 1 saturated carbocycles. The summed E-state index contributed by atoms with van der Waals surface area (Å²) in [5.74, 6) is 0.683. The van der Waals surface area contributed by atoms with Crippen molar-refractivity contribution < 1.29 is 4.79 Å². The predicted octanol–water partition coefficient (Wildman–Crippen LogP) is 2.80. The molecule has 2 heterocycles. The molecular weight excluding hydrogens is 332 g/mol. The molecule has 6 heteroatoms. The van der Waals surface area contributed by atoms with E-state index < -0.39 is 0 Å². The number of amides is 1. The Balaban J connectivity index is 1.82. The van der Waals surface area contributed by atoms with Gasteiger partial charge in [-0.2, -0.15) is 5.10 Å². The van der Waals surface area contributed by atoms with Crippen molar-refractivity contribution in [1.82, 2.24) is 19.9 Å². The molecule has 5 nitrogen and oxygen atoms in total. The molecule has 3 rings (SSSR count). The number of rotatable bonds is 3. The summed E-state index contributed by atoms with van der Waals surface area (Å²) < 4.78 is 1.67. The molecule has 0 saturated heterocycles. The summed E-state index contributed by atoms with van der Waals surface area (Å²) in [7, 11) is 0. The number of alkyl halides is 1. The van der Waals surface area contributed by atoms with E-state index in [0.717, 1.165) is 42.4 Å². The summed E-state index contributed by atoms with van der Waals surface area (Å²) in [4.78, 5) is 16.7. The van der Waals surface area contributed by atoms with Gasteiger partial charge < -0.3 is 5.32 Å². The van der Waals surface area contributed by atoms with Crippen molar-refractivity contribution >= 4 is 27.4 Å². The normalized spacial score (nSPS) is 25.9. The van der Waals surface area contributed by atoms with Gasteiger partial charge in [0.05, 0.1) is 29.0 Å². The van der Waals surface area contributed by atoms with Crippen LogP contribution in [-0.2, 0) is 0 Å². The summed E-state index contributed by atoms with van der Waals surface area (Å²) in [6, 6.07) is 0. The number of fused-ring (bicyclic) bond motifs is 1. The van der Waals surface area contributed by atoms with Gasteiger partial charge in [0.25, 0.3) is 5.91 Å². The maximum atomic E-state index is 12.6. The van der Waals surface area contributed by atoms with E-state index >= 15 is 0 Å². The van der Waals surface area contributed by atoms with E-state index in [1.807, 2.05) is 0 Å². The Hall–Kier alpha value is -1.43. The lowest BCUT2D eigenvalue weighted by Gasteiger charge is -2.38. The molecule has 0 atom stereocenters. The second-order valence-corrected chi connectivity index (χ2v) is 6.58. The molecule has 1 fully saturated rings. The van der Waals surface area contributed by atoms with Crippen LogP contribution in [0.3, 0.4) is 0 Å². The van der Waals surface area contributed by atoms with Crippen molar-refractivity contribution in [2.24, 2.45) is 5.92 Å². The number of nitrogens with zero attached hydrogens (tertiary/aromatic N) is 3. The average Bonchev–Trinajstić information content (AvgIpc) is 2.94. The summed E-state index contributed by atoms with van der Waals surface area (Å²) in [5.41, 5.74) is 1.19. The van der Waals surface area contributed by atoms with Crippen LogP contribution in [0.4, 0.5) is 0 Å². The number of aromatic nitrogens is 3. The molecule has 21 heavy (non-hydrogen) atoms. The molecule has 1 aliphatic rings. The lowest BCUT2D eigenvalue weighted by atomic mass is 9.78. The van der Waals surface area contributed by atoms with Crippen LogP contribution in [-0.4, -0.2) is 31.4 Å².